The van der Waals surface area contributed by atoms with E-state index in [4.69, 9.17) is 9.72 Å². The highest BCUT2D eigenvalue weighted by Gasteiger charge is 2.16. The lowest BCUT2D eigenvalue weighted by Crippen LogP contribution is -2.05. The van der Waals surface area contributed by atoms with Crippen LogP contribution < -0.4 is 0 Å². The van der Waals surface area contributed by atoms with Gasteiger partial charge in [0.25, 0.3) is 0 Å². The Kier molecular flexibility index (Phi) is 7.42. The van der Waals surface area contributed by atoms with Crippen LogP contribution in [0.5, 0.6) is 0 Å². The van der Waals surface area contributed by atoms with E-state index in [0.717, 1.165) is 27.4 Å². The zero-order valence-corrected chi connectivity index (χ0v) is 21.2. The molecule has 0 aliphatic heterocycles. The fraction of sp³-hybridized carbons (Fsp3) is 0.133. The molecule has 2 aromatic heterocycles. The van der Waals surface area contributed by atoms with Crippen molar-refractivity contribution in [2.75, 3.05) is 6.61 Å². The Morgan fingerprint density at radius 3 is 2.32 bits per heavy atom. The van der Waals surface area contributed by atoms with E-state index in [0.29, 0.717) is 35.6 Å². The van der Waals surface area contributed by atoms with E-state index in [1.807, 2.05) is 78.9 Å². The van der Waals surface area contributed by atoms with Gasteiger partial charge in [0, 0.05) is 23.1 Å². The summed E-state index contributed by atoms with van der Waals surface area (Å²) in [5.41, 5.74) is 5.47. The van der Waals surface area contributed by atoms with Crippen molar-refractivity contribution in [3.8, 4) is 0 Å². The molecule has 0 N–H and O–H groups in total. The minimum absolute atomic E-state index is 0.00867. The maximum Gasteiger partial charge on any atom is 0.338 e. The predicted molar refractivity (Wildman–Crippen MR) is 145 cm³/mol. The van der Waals surface area contributed by atoms with E-state index in [1.54, 1.807) is 37.0 Å². The number of aromatic nitrogens is 3. The second-order valence-electron chi connectivity index (χ2n) is 8.41. The fourth-order valence-electron chi connectivity index (χ4n) is 4.02. The summed E-state index contributed by atoms with van der Waals surface area (Å²) in [6.07, 6.45) is 1.78. The van der Waals surface area contributed by atoms with Gasteiger partial charge in [0.05, 0.1) is 35.4 Å². The molecule has 0 saturated carbocycles. The Morgan fingerprint density at radius 1 is 0.865 bits per heavy atom. The molecule has 5 aromatic rings. The lowest BCUT2D eigenvalue weighted by Gasteiger charge is -2.09. The SMILES string of the molecule is CCOC(=O)c1ccc2c(c1)nc(SCc1ccc(C(=O)c3ccccc3)cc1)n2Cc1ccccn1. The van der Waals surface area contributed by atoms with Gasteiger partial charge in [0.15, 0.2) is 10.9 Å². The average molecular weight is 508 g/mol. The van der Waals surface area contributed by atoms with Gasteiger partial charge < -0.3 is 9.30 Å². The smallest absolute Gasteiger partial charge is 0.338 e. The lowest BCUT2D eigenvalue weighted by atomic mass is 10.0. The van der Waals surface area contributed by atoms with Crippen molar-refractivity contribution in [3.63, 3.8) is 0 Å². The number of ether oxygens (including phenoxy) is 1. The van der Waals surface area contributed by atoms with Crippen molar-refractivity contribution in [1.29, 1.82) is 0 Å². The number of hydrogen-bond donors (Lipinski definition) is 0. The molecule has 0 bridgehead atoms. The first-order valence-corrected chi connectivity index (χ1v) is 13.0. The molecule has 0 radical (unpaired) electrons. The third-order valence-electron chi connectivity index (χ3n) is 5.89. The molecule has 5 rings (SSSR count). The average Bonchev–Trinajstić information content (AvgIpc) is 3.29. The zero-order chi connectivity index (χ0) is 25.6. The van der Waals surface area contributed by atoms with Crippen molar-refractivity contribution in [2.45, 2.75) is 24.4 Å². The molecule has 3 aromatic carbocycles. The van der Waals surface area contributed by atoms with Crippen LogP contribution in [0.1, 0.15) is 44.5 Å². The molecule has 0 spiro atoms. The second kappa shape index (κ2) is 11.2. The number of nitrogens with zero attached hydrogens (tertiary/aromatic N) is 3. The quantitative estimate of drug-likeness (QED) is 0.135. The minimum atomic E-state index is -0.358. The molecule has 0 unspecified atom stereocenters. The number of carbonyl (C=O) groups excluding carboxylic acids is 2. The predicted octanol–water partition coefficient (Wildman–Crippen LogP) is 6.18. The van der Waals surface area contributed by atoms with Gasteiger partial charge in [-0.3, -0.25) is 9.78 Å². The number of thioether (sulfide) groups is 1. The fourth-order valence-corrected chi connectivity index (χ4v) is 4.99. The van der Waals surface area contributed by atoms with Crippen LogP contribution in [0.25, 0.3) is 11.0 Å². The Balaban J connectivity index is 1.39. The van der Waals surface area contributed by atoms with Crippen LogP contribution in [0.4, 0.5) is 0 Å². The first kappa shape index (κ1) is 24.5. The van der Waals surface area contributed by atoms with Gasteiger partial charge in [0.2, 0.25) is 0 Å². The highest BCUT2D eigenvalue weighted by molar-refractivity contribution is 7.98. The van der Waals surface area contributed by atoms with Crippen molar-refractivity contribution in [1.82, 2.24) is 14.5 Å². The molecule has 0 aliphatic carbocycles. The van der Waals surface area contributed by atoms with Crippen LogP contribution in [-0.2, 0) is 17.0 Å². The van der Waals surface area contributed by atoms with Gasteiger partial charge in [-0.1, -0.05) is 72.4 Å². The first-order chi connectivity index (χ1) is 18.1. The summed E-state index contributed by atoms with van der Waals surface area (Å²) in [4.78, 5) is 34.3. The summed E-state index contributed by atoms with van der Waals surface area (Å²) in [6.45, 7) is 2.67. The second-order valence-corrected chi connectivity index (χ2v) is 9.35. The molecule has 0 atom stereocenters. The van der Waals surface area contributed by atoms with Crippen molar-refractivity contribution in [3.05, 3.63) is 125 Å². The van der Waals surface area contributed by atoms with E-state index in [-0.39, 0.29) is 11.8 Å². The van der Waals surface area contributed by atoms with Gasteiger partial charge in [-0.05, 0) is 42.8 Å². The summed E-state index contributed by atoms with van der Waals surface area (Å²) in [6, 6.07) is 28.3. The van der Waals surface area contributed by atoms with Crippen LogP contribution in [0.2, 0.25) is 0 Å². The highest BCUT2D eigenvalue weighted by Crippen LogP contribution is 2.29. The summed E-state index contributed by atoms with van der Waals surface area (Å²) >= 11 is 1.60. The van der Waals surface area contributed by atoms with E-state index in [2.05, 4.69) is 9.55 Å². The van der Waals surface area contributed by atoms with Crippen LogP contribution in [0, 0.1) is 0 Å². The number of benzene rings is 3. The minimum Gasteiger partial charge on any atom is -0.462 e. The van der Waals surface area contributed by atoms with Crippen molar-refractivity contribution in [2.24, 2.45) is 0 Å². The number of fused-ring (bicyclic) bond motifs is 1. The summed E-state index contributed by atoms with van der Waals surface area (Å²) in [7, 11) is 0. The molecule has 7 heteroatoms. The molecule has 2 heterocycles. The Hall–Kier alpha value is -4.23. The largest absolute Gasteiger partial charge is 0.462 e. The molecule has 0 amide bonds. The lowest BCUT2D eigenvalue weighted by molar-refractivity contribution is 0.0526. The normalized spacial score (nSPS) is 10.9. The van der Waals surface area contributed by atoms with Crippen LogP contribution in [0.15, 0.2) is 102 Å². The topological polar surface area (TPSA) is 74.1 Å². The Bertz CT molecular complexity index is 1530. The third-order valence-corrected chi connectivity index (χ3v) is 6.94. The number of pyridine rings is 1. The van der Waals surface area contributed by atoms with Gasteiger partial charge in [-0.15, -0.1) is 0 Å². The summed E-state index contributed by atoms with van der Waals surface area (Å²) < 4.78 is 7.27. The van der Waals surface area contributed by atoms with E-state index in [9.17, 15) is 9.59 Å². The summed E-state index contributed by atoms with van der Waals surface area (Å²) in [5, 5.41) is 0.825. The van der Waals surface area contributed by atoms with Gasteiger partial charge >= 0.3 is 5.97 Å². The van der Waals surface area contributed by atoms with Crippen molar-refractivity contribution < 1.29 is 14.3 Å². The van der Waals surface area contributed by atoms with Gasteiger partial charge in [0.1, 0.15) is 0 Å². The molecule has 184 valence electrons. The van der Waals surface area contributed by atoms with Crippen molar-refractivity contribution >= 4 is 34.5 Å². The number of esters is 1. The number of hydrogen-bond acceptors (Lipinski definition) is 6. The van der Waals surface area contributed by atoms with Gasteiger partial charge in [-0.2, -0.15) is 0 Å². The van der Waals surface area contributed by atoms with E-state index >= 15 is 0 Å². The number of ketones is 1. The Morgan fingerprint density at radius 2 is 1.59 bits per heavy atom. The number of imidazole rings is 1. The highest BCUT2D eigenvalue weighted by atomic mass is 32.2. The molecule has 37 heavy (non-hydrogen) atoms. The van der Waals surface area contributed by atoms with Crippen LogP contribution in [-0.4, -0.2) is 32.9 Å². The zero-order valence-electron chi connectivity index (χ0n) is 20.3. The van der Waals surface area contributed by atoms with Crippen LogP contribution in [0.3, 0.4) is 0 Å². The monoisotopic (exact) mass is 507 g/mol. The summed E-state index contributed by atoms with van der Waals surface area (Å²) in [5.74, 6) is 0.327. The Labute approximate surface area is 219 Å². The number of rotatable bonds is 9. The standard InChI is InChI=1S/C30H25N3O3S/c1-2-36-29(35)24-15-16-27-26(18-24)32-30(33(27)19-25-10-6-7-17-31-25)37-20-21-11-13-23(14-12-21)28(34)22-8-4-3-5-9-22/h3-18H,2,19-20H2,1H3. The third kappa shape index (κ3) is 5.62. The van der Waals surface area contributed by atoms with Crippen LogP contribution >= 0.6 is 11.8 Å². The maximum absolute atomic E-state index is 12.7. The number of carbonyl (C=O) groups is 2. The molecule has 6 nitrogen and oxygen atoms in total. The maximum atomic E-state index is 12.7. The van der Waals surface area contributed by atoms with E-state index in [1.165, 1.54) is 0 Å². The molecular formula is C30H25N3O3S. The van der Waals surface area contributed by atoms with E-state index < -0.39 is 0 Å². The molecule has 0 fully saturated rings. The molecule has 0 saturated heterocycles. The van der Waals surface area contributed by atoms with Gasteiger partial charge in [-0.25, -0.2) is 9.78 Å². The molecule has 0 aliphatic rings. The first-order valence-electron chi connectivity index (χ1n) is 12.0. The molecular weight excluding hydrogens is 482 g/mol.